The summed E-state index contributed by atoms with van der Waals surface area (Å²) in [5.74, 6) is 0.565. The van der Waals surface area contributed by atoms with Crippen LogP contribution in [0.2, 0.25) is 0 Å². The molecule has 4 nitrogen and oxygen atoms in total. The number of alkyl halides is 3. The molecule has 0 fully saturated rings. The van der Waals surface area contributed by atoms with Crippen LogP contribution < -0.4 is 10.6 Å². The maximum absolute atomic E-state index is 12.9. The molecule has 1 aromatic heterocycles. The van der Waals surface area contributed by atoms with Gasteiger partial charge in [0.15, 0.2) is 0 Å². The van der Waals surface area contributed by atoms with Crippen LogP contribution in [-0.4, -0.2) is 22.6 Å². The molecule has 0 unspecified atom stereocenters. The molecule has 2 aromatic rings. The lowest BCUT2D eigenvalue weighted by Gasteiger charge is -2.18. The topological polar surface area (TPSA) is 41.9 Å². The van der Waals surface area contributed by atoms with Gasteiger partial charge in [-0.25, -0.2) is 4.98 Å². The number of hydrogen-bond donors (Lipinski definition) is 2. The molecule has 0 saturated carbocycles. The Morgan fingerprint density at radius 1 is 1.37 bits per heavy atom. The van der Waals surface area contributed by atoms with E-state index in [1.165, 1.54) is 17.2 Å². The smallest absolute Gasteiger partial charge is 0.339 e. The van der Waals surface area contributed by atoms with Crippen molar-refractivity contribution in [2.45, 2.75) is 26.1 Å². The van der Waals surface area contributed by atoms with Gasteiger partial charge in [-0.2, -0.15) is 13.2 Å². The van der Waals surface area contributed by atoms with Gasteiger partial charge in [0.1, 0.15) is 5.82 Å². The molecule has 1 aliphatic heterocycles. The number of imidazole rings is 1. The second-order valence-electron chi connectivity index (χ2n) is 7.27. The molecule has 3 rings (SSSR count). The van der Waals surface area contributed by atoms with Crippen molar-refractivity contribution < 1.29 is 13.2 Å². The van der Waals surface area contributed by atoms with E-state index in [0.29, 0.717) is 17.1 Å². The average Bonchev–Trinajstić information content (AvgIpc) is 3.13. The first-order chi connectivity index (χ1) is 14.3. The lowest BCUT2D eigenvalue weighted by molar-refractivity contribution is -0.137. The quantitative estimate of drug-likeness (QED) is 0.605. The standard InChI is InChI=1S/C23H25F3N4/c1-4-19(11-20-8-9-27-12-16(20)2)17(3)29-22-14-30(15-28-22)13-18-6-5-7-21(10-18)23(24,25)26/h4-7,10-11,14-15,27,29H,1,3,8-9,12-13H2,2H3/b19-11+. The van der Waals surface area contributed by atoms with Gasteiger partial charge in [0.05, 0.1) is 11.9 Å². The Bertz CT molecular complexity index is 996. The molecule has 2 heterocycles. The van der Waals surface area contributed by atoms with Crippen molar-refractivity contribution in [1.82, 2.24) is 14.9 Å². The van der Waals surface area contributed by atoms with E-state index in [4.69, 9.17) is 0 Å². The van der Waals surface area contributed by atoms with Crippen LogP contribution in [0, 0.1) is 0 Å². The van der Waals surface area contributed by atoms with E-state index in [1.54, 1.807) is 29.2 Å². The van der Waals surface area contributed by atoms with E-state index in [2.05, 4.69) is 41.8 Å². The zero-order valence-electron chi connectivity index (χ0n) is 16.9. The lowest BCUT2D eigenvalue weighted by Crippen LogP contribution is -2.23. The van der Waals surface area contributed by atoms with E-state index < -0.39 is 11.7 Å². The summed E-state index contributed by atoms with van der Waals surface area (Å²) in [4.78, 5) is 4.29. The summed E-state index contributed by atoms with van der Waals surface area (Å²) in [5.41, 5.74) is 3.98. The van der Waals surface area contributed by atoms with Crippen LogP contribution >= 0.6 is 0 Å². The summed E-state index contributed by atoms with van der Waals surface area (Å²) >= 11 is 0. The largest absolute Gasteiger partial charge is 0.416 e. The average molecular weight is 414 g/mol. The number of halogens is 3. The van der Waals surface area contributed by atoms with Crippen LogP contribution in [-0.2, 0) is 12.7 Å². The Morgan fingerprint density at radius 2 is 2.17 bits per heavy atom. The monoisotopic (exact) mass is 414 g/mol. The van der Waals surface area contributed by atoms with Gasteiger partial charge in [0.2, 0.25) is 0 Å². The summed E-state index contributed by atoms with van der Waals surface area (Å²) in [5, 5.41) is 6.49. The zero-order valence-corrected chi connectivity index (χ0v) is 16.9. The van der Waals surface area contributed by atoms with Gasteiger partial charge in [0, 0.05) is 25.0 Å². The molecule has 0 bridgehead atoms. The number of rotatable bonds is 7. The van der Waals surface area contributed by atoms with Gasteiger partial charge in [0.25, 0.3) is 0 Å². The minimum atomic E-state index is -4.36. The van der Waals surface area contributed by atoms with Crippen LogP contribution in [0.3, 0.4) is 0 Å². The highest BCUT2D eigenvalue weighted by atomic mass is 19.4. The van der Waals surface area contributed by atoms with E-state index >= 15 is 0 Å². The second kappa shape index (κ2) is 9.17. The van der Waals surface area contributed by atoms with E-state index in [0.717, 1.165) is 37.2 Å². The highest BCUT2D eigenvalue weighted by Gasteiger charge is 2.30. The van der Waals surface area contributed by atoms with E-state index in [-0.39, 0.29) is 6.54 Å². The Balaban J connectivity index is 1.69. The molecule has 0 aliphatic carbocycles. The van der Waals surface area contributed by atoms with Gasteiger partial charge in [-0.05, 0) is 54.8 Å². The van der Waals surface area contributed by atoms with Crippen LogP contribution in [0.1, 0.15) is 24.5 Å². The third-order valence-corrected chi connectivity index (χ3v) is 4.94. The molecule has 158 valence electrons. The zero-order chi connectivity index (χ0) is 21.7. The number of nitrogens with zero attached hydrogens (tertiary/aromatic N) is 2. The number of nitrogens with one attached hydrogen (secondary N) is 2. The molecular weight excluding hydrogens is 389 g/mol. The molecule has 2 N–H and O–H groups in total. The van der Waals surface area contributed by atoms with Crippen LogP contribution in [0.4, 0.5) is 19.0 Å². The Hall–Kier alpha value is -3.06. The number of anilines is 1. The van der Waals surface area contributed by atoms with Gasteiger partial charge in [-0.15, -0.1) is 0 Å². The molecule has 0 spiro atoms. The number of allylic oxidation sites excluding steroid dienone is 2. The molecule has 1 aromatic carbocycles. The first-order valence-electron chi connectivity index (χ1n) is 9.64. The fourth-order valence-corrected chi connectivity index (χ4v) is 3.27. The summed E-state index contributed by atoms with van der Waals surface area (Å²) in [7, 11) is 0. The molecule has 1 aliphatic rings. The Labute approximate surface area is 174 Å². The van der Waals surface area contributed by atoms with Crippen molar-refractivity contribution in [3.8, 4) is 0 Å². The maximum Gasteiger partial charge on any atom is 0.416 e. The predicted molar refractivity (Wildman–Crippen MR) is 114 cm³/mol. The van der Waals surface area contributed by atoms with Crippen molar-refractivity contribution >= 4 is 5.82 Å². The fraction of sp³-hybridized carbons (Fsp3) is 0.261. The summed E-state index contributed by atoms with van der Waals surface area (Å²) < 4.78 is 40.4. The lowest BCUT2D eigenvalue weighted by atomic mass is 9.99. The minimum Gasteiger partial charge on any atom is -0.339 e. The summed E-state index contributed by atoms with van der Waals surface area (Å²) in [6.45, 7) is 12.2. The number of hydrogen-bond acceptors (Lipinski definition) is 3. The van der Waals surface area contributed by atoms with Crippen molar-refractivity contribution in [3.63, 3.8) is 0 Å². The fourth-order valence-electron chi connectivity index (χ4n) is 3.27. The third-order valence-electron chi connectivity index (χ3n) is 4.94. The highest BCUT2D eigenvalue weighted by molar-refractivity contribution is 5.52. The highest BCUT2D eigenvalue weighted by Crippen LogP contribution is 2.29. The van der Waals surface area contributed by atoms with Gasteiger partial charge >= 0.3 is 6.18 Å². The van der Waals surface area contributed by atoms with Gasteiger partial charge < -0.3 is 15.2 Å². The van der Waals surface area contributed by atoms with Crippen LogP contribution in [0.25, 0.3) is 0 Å². The van der Waals surface area contributed by atoms with Gasteiger partial charge in [-0.3, -0.25) is 0 Å². The summed E-state index contributed by atoms with van der Waals surface area (Å²) in [6, 6.07) is 5.29. The number of benzene rings is 1. The molecule has 0 saturated heterocycles. The van der Waals surface area contributed by atoms with E-state index in [9.17, 15) is 13.2 Å². The number of aromatic nitrogens is 2. The van der Waals surface area contributed by atoms with E-state index in [1.807, 2.05) is 0 Å². The SMILES string of the molecule is C=C/C(=C\C1=C(C)CNCC1)C(=C)Nc1cn(Cc2cccc(C(F)(F)F)c2)cn1. The third kappa shape index (κ3) is 5.51. The molecular formula is C23H25F3N4. The molecule has 0 radical (unpaired) electrons. The Kier molecular flexibility index (Phi) is 6.62. The van der Waals surface area contributed by atoms with Crippen molar-refractivity contribution in [2.75, 3.05) is 18.4 Å². The molecule has 7 heteroatoms. The second-order valence-corrected chi connectivity index (χ2v) is 7.27. The van der Waals surface area contributed by atoms with Crippen molar-refractivity contribution in [3.05, 3.63) is 95.6 Å². The van der Waals surface area contributed by atoms with Gasteiger partial charge in [-0.1, -0.05) is 36.9 Å². The Morgan fingerprint density at radius 3 is 2.87 bits per heavy atom. The first kappa shape index (κ1) is 21.6. The maximum atomic E-state index is 12.9. The normalized spacial score (nSPS) is 15.3. The van der Waals surface area contributed by atoms with Crippen LogP contribution in [0.5, 0.6) is 0 Å². The molecule has 0 amide bonds. The minimum absolute atomic E-state index is 0.286. The molecule has 0 atom stereocenters. The molecule has 30 heavy (non-hydrogen) atoms. The van der Waals surface area contributed by atoms with Crippen molar-refractivity contribution in [2.24, 2.45) is 0 Å². The predicted octanol–water partition coefficient (Wildman–Crippen LogP) is 5.30. The first-order valence-corrected chi connectivity index (χ1v) is 9.64. The van der Waals surface area contributed by atoms with Crippen molar-refractivity contribution in [1.29, 1.82) is 0 Å². The summed E-state index contributed by atoms with van der Waals surface area (Å²) in [6.07, 6.45) is 3.73. The van der Waals surface area contributed by atoms with Crippen LogP contribution in [0.15, 0.2) is 84.5 Å².